The Bertz CT molecular complexity index is 1590. The maximum Gasteiger partial charge on any atom is 0.279 e. The van der Waals surface area contributed by atoms with Crippen LogP contribution in [0.4, 0.5) is 0 Å². The van der Waals surface area contributed by atoms with Crippen LogP contribution in [0.1, 0.15) is 28.4 Å². The van der Waals surface area contributed by atoms with Crippen molar-refractivity contribution in [3.05, 3.63) is 88.2 Å². The van der Waals surface area contributed by atoms with Crippen LogP contribution in [0.2, 0.25) is 0 Å². The van der Waals surface area contributed by atoms with Crippen molar-refractivity contribution >= 4 is 37.5 Å². The number of benzene rings is 3. The minimum Gasteiger partial charge on any atom is -0.492 e. The van der Waals surface area contributed by atoms with E-state index in [2.05, 4.69) is 4.99 Å². The normalized spacial score (nSPS) is 14.7. The van der Waals surface area contributed by atoms with E-state index < -0.39 is 15.9 Å². The number of hydrogen-bond acceptors (Lipinski definition) is 5. The molecule has 5 rings (SSSR count). The van der Waals surface area contributed by atoms with Crippen LogP contribution < -0.4 is 9.54 Å². The Morgan fingerprint density at radius 3 is 2.51 bits per heavy atom. The predicted octanol–water partition coefficient (Wildman–Crippen LogP) is 4.13. The molecule has 2 heterocycles. The van der Waals surface area contributed by atoms with Crippen molar-refractivity contribution in [3.63, 3.8) is 0 Å². The van der Waals surface area contributed by atoms with E-state index in [-0.39, 0.29) is 4.90 Å². The molecular weight excluding hydrogens is 482 g/mol. The zero-order chi connectivity index (χ0) is 24.6. The minimum atomic E-state index is -3.66. The van der Waals surface area contributed by atoms with Crippen molar-refractivity contribution in [3.8, 4) is 5.75 Å². The monoisotopic (exact) mass is 507 g/mol. The summed E-state index contributed by atoms with van der Waals surface area (Å²) in [7, 11) is -1.82. The predicted molar refractivity (Wildman–Crippen MR) is 136 cm³/mol. The SMILES string of the molecule is CCOc1cccc2sc(=NC(=O)c3ccc(S(=O)(=O)N4CCc5ccccc5C4)cc3)n(C)c12. The molecule has 1 aliphatic heterocycles. The summed E-state index contributed by atoms with van der Waals surface area (Å²) in [6, 6.07) is 19.7. The van der Waals surface area contributed by atoms with Gasteiger partial charge in [0.2, 0.25) is 10.0 Å². The van der Waals surface area contributed by atoms with Crippen LogP contribution in [0.25, 0.3) is 10.2 Å². The molecule has 180 valence electrons. The molecule has 9 heteroatoms. The molecule has 0 N–H and O–H groups in total. The van der Waals surface area contributed by atoms with Crippen molar-refractivity contribution in [1.82, 2.24) is 8.87 Å². The van der Waals surface area contributed by atoms with Gasteiger partial charge in [-0.05, 0) is 60.9 Å². The first-order valence-corrected chi connectivity index (χ1v) is 13.6. The zero-order valence-electron chi connectivity index (χ0n) is 19.5. The van der Waals surface area contributed by atoms with E-state index in [9.17, 15) is 13.2 Å². The van der Waals surface area contributed by atoms with Crippen LogP contribution in [0.15, 0.2) is 76.6 Å². The third kappa shape index (κ3) is 4.42. The quantitative estimate of drug-likeness (QED) is 0.407. The summed E-state index contributed by atoms with van der Waals surface area (Å²) in [6.07, 6.45) is 0.683. The highest BCUT2D eigenvalue weighted by atomic mass is 32.2. The van der Waals surface area contributed by atoms with Gasteiger partial charge in [0, 0.05) is 25.7 Å². The first-order chi connectivity index (χ1) is 16.9. The first-order valence-electron chi connectivity index (χ1n) is 11.4. The second kappa shape index (κ2) is 9.41. The third-order valence-corrected chi connectivity index (χ3v) is 9.07. The van der Waals surface area contributed by atoms with Gasteiger partial charge in [-0.1, -0.05) is 41.7 Å². The fraction of sp³-hybridized carbons (Fsp3) is 0.231. The van der Waals surface area contributed by atoms with E-state index in [4.69, 9.17) is 4.74 Å². The van der Waals surface area contributed by atoms with Gasteiger partial charge in [0.05, 0.1) is 16.2 Å². The van der Waals surface area contributed by atoms with Gasteiger partial charge in [-0.25, -0.2) is 8.42 Å². The van der Waals surface area contributed by atoms with Crippen LogP contribution in [0.5, 0.6) is 5.75 Å². The van der Waals surface area contributed by atoms with Gasteiger partial charge in [-0.15, -0.1) is 0 Å². The number of nitrogens with zero attached hydrogens (tertiary/aromatic N) is 3. The van der Waals surface area contributed by atoms with Crippen LogP contribution >= 0.6 is 11.3 Å². The Kier molecular flexibility index (Phi) is 6.31. The van der Waals surface area contributed by atoms with Crippen molar-refractivity contribution in [2.75, 3.05) is 13.2 Å². The number of fused-ring (bicyclic) bond motifs is 2. The van der Waals surface area contributed by atoms with Gasteiger partial charge in [0.15, 0.2) is 4.80 Å². The summed E-state index contributed by atoms with van der Waals surface area (Å²) in [5, 5.41) is 0. The van der Waals surface area contributed by atoms with Crippen LogP contribution in [-0.2, 0) is 30.0 Å². The summed E-state index contributed by atoms with van der Waals surface area (Å²) in [4.78, 5) is 17.9. The van der Waals surface area contributed by atoms with E-state index in [1.807, 2.05) is 61.0 Å². The summed E-state index contributed by atoms with van der Waals surface area (Å²) >= 11 is 1.40. The second-order valence-corrected chi connectivity index (χ2v) is 11.2. The number of carbonyl (C=O) groups is 1. The van der Waals surface area contributed by atoms with Crippen LogP contribution in [0, 0.1) is 0 Å². The maximum absolute atomic E-state index is 13.2. The van der Waals surface area contributed by atoms with E-state index in [0.29, 0.717) is 36.5 Å². The highest BCUT2D eigenvalue weighted by molar-refractivity contribution is 7.89. The molecule has 3 aromatic carbocycles. The molecule has 1 aliphatic rings. The highest BCUT2D eigenvalue weighted by Gasteiger charge is 2.28. The molecule has 0 spiro atoms. The number of rotatable bonds is 5. The standard InChI is InChI=1S/C26H25N3O4S2/c1-3-33-22-9-6-10-23-24(22)28(2)26(34-23)27-25(30)19-11-13-21(14-12-19)35(31,32)29-16-15-18-7-4-5-8-20(18)17-29/h4-14H,3,15-17H2,1-2H3. The molecule has 0 aliphatic carbocycles. The molecule has 0 fully saturated rings. The number of para-hydroxylation sites is 1. The number of hydrogen-bond donors (Lipinski definition) is 0. The van der Waals surface area contributed by atoms with Crippen molar-refractivity contribution in [2.24, 2.45) is 12.0 Å². The Labute approximate surface area is 208 Å². The molecule has 1 amide bonds. The maximum atomic E-state index is 13.2. The summed E-state index contributed by atoms with van der Waals surface area (Å²) in [5.74, 6) is 0.313. The van der Waals surface area contributed by atoms with E-state index in [1.165, 1.54) is 45.5 Å². The molecular formula is C26H25N3O4S2. The molecule has 0 bridgehead atoms. The lowest BCUT2D eigenvalue weighted by Gasteiger charge is -2.28. The molecule has 1 aromatic heterocycles. The number of thiazole rings is 1. The lowest BCUT2D eigenvalue weighted by molar-refractivity contribution is 0.0998. The zero-order valence-corrected chi connectivity index (χ0v) is 21.1. The molecule has 4 aromatic rings. The van der Waals surface area contributed by atoms with E-state index in [1.54, 1.807) is 0 Å². The molecule has 0 saturated heterocycles. The van der Waals surface area contributed by atoms with Crippen molar-refractivity contribution in [2.45, 2.75) is 24.8 Å². The van der Waals surface area contributed by atoms with Gasteiger partial charge < -0.3 is 9.30 Å². The van der Waals surface area contributed by atoms with E-state index >= 15 is 0 Å². The lowest BCUT2D eigenvalue weighted by Crippen LogP contribution is -2.35. The van der Waals surface area contributed by atoms with E-state index in [0.717, 1.165) is 21.5 Å². The number of ether oxygens (including phenoxy) is 1. The molecule has 0 atom stereocenters. The number of carbonyl (C=O) groups excluding carboxylic acids is 1. The topological polar surface area (TPSA) is 81.0 Å². The second-order valence-electron chi connectivity index (χ2n) is 8.28. The Balaban J connectivity index is 1.40. The molecule has 0 unspecified atom stereocenters. The van der Waals surface area contributed by atoms with Crippen molar-refractivity contribution < 1.29 is 17.9 Å². The molecule has 0 radical (unpaired) electrons. The summed E-state index contributed by atoms with van der Waals surface area (Å²) in [5.41, 5.74) is 3.42. The largest absolute Gasteiger partial charge is 0.492 e. The van der Waals surface area contributed by atoms with Gasteiger partial charge >= 0.3 is 0 Å². The number of aryl methyl sites for hydroxylation is 1. The smallest absolute Gasteiger partial charge is 0.279 e. The average molecular weight is 508 g/mol. The van der Waals surface area contributed by atoms with Gasteiger partial charge in [-0.3, -0.25) is 4.79 Å². The average Bonchev–Trinajstić information content (AvgIpc) is 3.19. The fourth-order valence-corrected chi connectivity index (χ4v) is 6.75. The van der Waals surface area contributed by atoms with Crippen LogP contribution in [-0.4, -0.2) is 36.3 Å². The third-order valence-electron chi connectivity index (χ3n) is 6.12. The summed E-state index contributed by atoms with van der Waals surface area (Å²) in [6.45, 7) is 3.25. The number of amides is 1. The minimum absolute atomic E-state index is 0.169. The van der Waals surface area contributed by atoms with Crippen molar-refractivity contribution in [1.29, 1.82) is 0 Å². The fourth-order valence-electron chi connectivity index (χ4n) is 4.29. The van der Waals surface area contributed by atoms with Crippen LogP contribution in [0.3, 0.4) is 0 Å². The Morgan fingerprint density at radius 2 is 1.77 bits per heavy atom. The van der Waals surface area contributed by atoms with Gasteiger partial charge in [0.25, 0.3) is 5.91 Å². The summed E-state index contributed by atoms with van der Waals surface area (Å²) < 4.78 is 36.4. The highest BCUT2D eigenvalue weighted by Crippen LogP contribution is 2.27. The Morgan fingerprint density at radius 1 is 1.03 bits per heavy atom. The molecule has 7 nitrogen and oxygen atoms in total. The Hall–Kier alpha value is -3.27. The molecule has 0 saturated carbocycles. The number of sulfonamides is 1. The van der Waals surface area contributed by atoms with Gasteiger partial charge in [0.1, 0.15) is 11.3 Å². The number of aromatic nitrogens is 1. The first kappa shape index (κ1) is 23.5. The lowest BCUT2D eigenvalue weighted by atomic mass is 10.0. The molecule has 35 heavy (non-hydrogen) atoms. The van der Waals surface area contributed by atoms with Gasteiger partial charge in [-0.2, -0.15) is 9.30 Å².